The highest BCUT2D eigenvalue weighted by molar-refractivity contribution is 9.10. The van der Waals surface area contributed by atoms with E-state index < -0.39 is 11.9 Å². The topological polar surface area (TPSA) is 24.9 Å². The Hall–Kier alpha value is -0.920. The number of thiazole rings is 1. The van der Waals surface area contributed by atoms with Gasteiger partial charge in [0, 0.05) is 17.4 Å². The van der Waals surface area contributed by atoms with E-state index in [1.165, 1.54) is 0 Å². The number of alkyl halides is 3. The molecule has 2 rings (SSSR count). The number of aromatic nitrogens is 1. The Bertz CT molecular complexity index is 611. The van der Waals surface area contributed by atoms with Crippen molar-refractivity contribution in [3.63, 3.8) is 0 Å². The molecule has 1 heterocycles. The van der Waals surface area contributed by atoms with Gasteiger partial charge >= 0.3 is 6.18 Å². The summed E-state index contributed by atoms with van der Waals surface area (Å²) in [5.74, 6) is 0. The van der Waals surface area contributed by atoms with Gasteiger partial charge in [-0.25, -0.2) is 4.98 Å². The largest absolute Gasteiger partial charge is 0.434 e. The quantitative estimate of drug-likeness (QED) is 0.820. The van der Waals surface area contributed by atoms with Crippen molar-refractivity contribution in [3.05, 3.63) is 49.9 Å². The Labute approximate surface area is 133 Å². The normalized spacial score (nSPS) is 11.9. The van der Waals surface area contributed by atoms with Crippen LogP contribution in [0, 0.1) is 0 Å². The van der Waals surface area contributed by atoms with Crippen LogP contribution in [-0.4, -0.2) is 11.5 Å². The Morgan fingerprint density at radius 3 is 2.71 bits per heavy atom. The molecule has 2 nitrogen and oxygen atoms in total. The molecule has 0 bridgehead atoms. The fourth-order valence-corrected chi connectivity index (χ4v) is 3.42. The Morgan fingerprint density at radius 2 is 2.10 bits per heavy atom. The summed E-state index contributed by atoms with van der Waals surface area (Å²) in [6.45, 7) is 2.67. The van der Waals surface area contributed by atoms with Gasteiger partial charge < -0.3 is 5.32 Å². The van der Waals surface area contributed by atoms with Crippen LogP contribution in [0.25, 0.3) is 0 Å². The van der Waals surface area contributed by atoms with Crippen LogP contribution in [0.5, 0.6) is 0 Å². The molecule has 0 saturated carbocycles. The predicted octanol–water partition coefficient (Wildman–Crippen LogP) is 4.62. The first-order valence-electron chi connectivity index (χ1n) is 6.41. The molecule has 1 aromatic heterocycles. The van der Waals surface area contributed by atoms with E-state index in [2.05, 4.69) is 26.2 Å². The molecule has 0 atom stereocenters. The summed E-state index contributed by atoms with van der Waals surface area (Å²) in [4.78, 5) is 4.04. The van der Waals surface area contributed by atoms with Crippen molar-refractivity contribution in [1.29, 1.82) is 0 Å². The highest BCUT2D eigenvalue weighted by Gasteiger charge is 2.37. The fourth-order valence-electron chi connectivity index (χ4n) is 1.88. The molecule has 0 radical (unpaired) electrons. The summed E-state index contributed by atoms with van der Waals surface area (Å²) in [6.07, 6.45) is -4.00. The van der Waals surface area contributed by atoms with Crippen LogP contribution in [0.4, 0.5) is 13.2 Å². The van der Waals surface area contributed by atoms with Crippen LogP contribution in [0.1, 0.15) is 28.1 Å². The van der Waals surface area contributed by atoms with Gasteiger partial charge in [0.25, 0.3) is 0 Å². The average molecular weight is 379 g/mol. The zero-order chi connectivity index (χ0) is 15.5. The van der Waals surface area contributed by atoms with Gasteiger partial charge in [0.05, 0.1) is 9.88 Å². The molecule has 114 valence electrons. The van der Waals surface area contributed by atoms with E-state index in [0.29, 0.717) is 18.0 Å². The molecule has 1 N–H and O–H groups in total. The van der Waals surface area contributed by atoms with Crippen LogP contribution in [-0.2, 0) is 19.1 Å². The van der Waals surface area contributed by atoms with Crippen molar-refractivity contribution in [2.75, 3.05) is 6.54 Å². The lowest BCUT2D eigenvalue weighted by molar-refractivity contribution is -0.141. The standard InChI is InChI=1S/C14H14BrF3N2S/c1-2-19-8-11-13(14(16,17)18)20-12(21-11)7-9-4-3-5-10(15)6-9/h3-6,19H,2,7-8H2,1H3. The molecular weight excluding hydrogens is 365 g/mol. The van der Waals surface area contributed by atoms with Gasteiger partial charge in [0.15, 0.2) is 5.69 Å². The Morgan fingerprint density at radius 1 is 1.33 bits per heavy atom. The molecule has 21 heavy (non-hydrogen) atoms. The maximum atomic E-state index is 13.0. The summed E-state index contributed by atoms with van der Waals surface area (Å²) in [5.41, 5.74) is 0.167. The van der Waals surface area contributed by atoms with Gasteiger partial charge in [-0.05, 0) is 24.2 Å². The molecular formula is C14H14BrF3N2S. The van der Waals surface area contributed by atoms with Crippen LogP contribution >= 0.6 is 27.3 Å². The molecule has 0 amide bonds. The van der Waals surface area contributed by atoms with Crippen molar-refractivity contribution >= 4 is 27.3 Å². The first-order valence-corrected chi connectivity index (χ1v) is 8.02. The fraction of sp³-hybridized carbons (Fsp3) is 0.357. The average Bonchev–Trinajstić information content (AvgIpc) is 2.79. The molecule has 0 aliphatic rings. The monoisotopic (exact) mass is 378 g/mol. The van der Waals surface area contributed by atoms with Crippen LogP contribution in [0.3, 0.4) is 0 Å². The number of nitrogens with zero attached hydrogens (tertiary/aromatic N) is 1. The predicted molar refractivity (Wildman–Crippen MR) is 81.4 cm³/mol. The zero-order valence-corrected chi connectivity index (χ0v) is 13.7. The summed E-state index contributed by atoms with van der Waals surface area (Å²) in [7, 11) is 0. The van der Waals surface area contributed by atoms with Crippen molar-refractivity contribution < 1.29 is 13.2 Å². The number of halogens is 4. The lowest BCUT2D eigenvalue weighted by Gasteiger charge is -2.05. The maximum Gasteiger partial charge on any atom is 0.434 e. The number of rotatable bonds is 5. The molecule has 1 aromatic carbocycles. The molecule has 2 aromatic rings. The molecule has 0 saturated heterocycles. The van der Waals surface area contributed by atoms with Gasteiger partial charge in [-0.15, -0.1) is 11.3 Å². The molecule has 0 aliphatic carbocycles. The second kappa shape index (κ2) is 6.89. The number of hydrogen-bond donors (Lipinski definition) is 1. The van der Waals surface area contributed by atoms with E-state index in [0.717, 1.165) is 21.4 Å². The minimum atomic E-state index is -4.41. The lowest BCUT2D eigenvalue weighted by Crippen LogP contribution is -2.15. The summed E-state index contributed by atoms with van der Waals surface area (Å²) >= 11 is 4.47. The van der Waals surface area contributed by atoms with Crippen molar-refractivity contribution in [2.45, 2.75) is 26.1 Å². The van der Waals surface area contributed by atoms with Gasteiger partial charge in [-0.3, -0.25) is 0 Å². The number of hydrogen-bond acceptors (Lipinski definition) is 3. The molecule has 0 aliphatic heterocycles. The van der Waals surface area contributed by atoms with E-state index >= 15 is 0 Å². The number of nitrogens with one attached hydrogen (secondary N) is 1. The molecule has 0 fully saturated rings. The smallest absolute Gasteiger partial charge is 0.312 e. The van der Waals surface area contributed by atoms with Gasteiger partial charge in [-0.1, -0.05) is 35.0 Å². The lowest BCUT2D eigenvalue weighted by atomic mass is 10.2. The van der Waals surface area contributed by atoms with E-state index in [4.69, 9.17) is 0 Å². The first-order chi connectivity index (χ1) is 9.90. The van der Waals surface area contributed by atoms with Crippen LogP contribution < -0.4 is 5.32 Å². The summed E-state index contributed by atoms with van der Waals surface area (Å²) in [5, 5.41) is 3.41. The first kappa shape index (κ1) is 16.5. The van der Waals surface area contributed by atoms with Gasteiger partial charge in [0.2, 0.25) is 0 Å². The second-order valence-electron chi connectivity index (χ2n) is 4.46. The van der Waals surface area contributed by atoms with Gasteiger partial charge in [0.1, 0.15) is 0 Å². The van der Waals surface area contributed by atoms with Crippen molar-refractivity contribution in [1.82, 2.24) is 10.3 Å². The highest BCUT2D eigenvalue weighted by Crippen LogP contribution is 2.35. The highest BCUT2D eigenvalue weighted by atomic mass is 79.9. The van der Waals surface area contributed by atoms with E-state index in [1.807, 2.05) is 31.2 Å². The Kier molecular flexibility index (Phi) is 5.40. The minimum Gasteiger partial charge on any atom is -0.312 e. The van der Waals surface area contributed by atoms with Crippen LogP contribution in [0.15, 0.2) is 28.7 Å². The molecule has 0 unspecified atom stereocenters. The van der Waals surface area contributed by atoms with Crippen molar-refractivity contribution in [2.24, 2.45) is 0 Å². The van der Waals surface area contributed by atoms with Crippen LogP contribution in [0.2, 0.25) is 0 Å². The maximum absolute atomic E-state index is 13.0. The number of benzene rings is 1. The van der Waals surface area contributed by atoms with E-state index in [9.17, 15) is 13.2 Å². The Balaban J connectivity index is 2.26. The SMILES string of the molecule is CCNCc1sc(Cc2cccc(Br)c2)nc1C(F)(F)F. The third-order valence-corrected chi connectivity index (χ3v) is 4.34. The summed E-state index contributed by atoms with van der Waals surface area (Å²) in [6, 6.07) is 7.50. The third kappa shape index (κ3) is 4.52. The summed E-state index contributed by atoms with van der Waals surface area (Å²) < 4.78 is 39.9. The van der Waals surface area contributed by atoms with E-state index in [-0.39, 0.29) is 11.4 Å². The zero-order valence-electron chi connectivity index (χ0n) is 11.3. The molecule has 0 spiro atoms. The molecule has 7 heteroatoms. The third-order valence-electron chi connectivity index (χ3n) is 2.79. The van der Waals surface area contributed by atoms with Crippen molar-refractivity contribution in [3.8, 4) is 0 Å². The minimum absolute atomic E-state index is 0.196. The van der Waals surface area contributed by atoms with Gasteiger partial charge in [-0.2, -0.15) is 13.2 Å². The van der Waals surface area contributed by atoms with E-state index in [1.54, 1.807) is 0 Å². The second-order valence-corrected chi connectivity index (χ2v) is 6.55.